The molecule has 0 aromatic carbocycles. The molecule has 1 aromatic heterocycles. The molecule has 0 saturated carbocycles. The van der Waals surface area contributed by atoms with Gasteiger partial charge in [0.25, 0.3) is 0 Å². The summed E-state index contributed by atoms with van der Waals surface area (Å²) in [5.74, 6) is 0.815. The van der Waals surface area contributed by atoms with Gasteiger partial charge in [-0.3, -0.25) is 10.3 Å². The lowest BCUT2D eigenvalue weighted by molar-refractivity contribution is 0.204. The van der Waals surface area contributed by atoms with E-state index in [0.717, 1.165) is 0 Å². The summed E-state index contributed by atoms with van der Waals surface area (Å²) in [6.07, 6.45) is 17.3. The Morgan fingerprint density at radius 1 is 1.07 bits per heavy atom. The Morgan fingerprint density at radius 2 is 1.61 bits per heavy atom. The number of unbranched alkanes of at least 4 members (excludes halogenated alkanes) is 8. The average molecular weight is 397 g/mol. The second-order valence-electron chi connectivity index (χ2n) is 7.23. The highest BCUT2D eigenvalue weighted by Gasteiger charge is 2.06. The van der Waals surface area contributed by atoms with E-state index in [1.807, 2.05) is 0 Å². The van der Waals surface area contributed by atoms with Crippen molar-refractivity contribution in [2.24, 2.45) is 11.7 Å². The van der Waals surface area contributed by atoms with Crippen LogP contribution in [0.5, 0.6) is 0 Å². The van der Waals surface area contributed by atoms with E-state index < -0.39 is 11.7 Å². The summed E-state index contributed by atoms with van der Waals surface area (Å²) in [4.78, 5) is 26.4. The van der Waals surface area contributed by atoms with Crippen molar-refractivity contribution in [1.29, 1.82) is 0 Å². The van der Waals surface area contributed by atoms with Gasteiger partial charge in [0.15, 0.2) is 0 Å². The molecule has 7 nitrogen and oxygen atoms in total. The lowest BCUT2D eigenvalue weighted by Crippen LogP contribution is -2.22. The minimum atomic E-state index is -0.730. The van der Waals surface area contributed by atoms with E-state index in [1.165, 1.54) is 89.3 Å². The third-order valence-electron chi connectivity index (χ3n) is 4.62. The van der Waals surface area contributed by atoms with Gasteiger partial charge < -0.3 is 10.8 Å². The first-order valence-corrected chi connectivity index (χ1v) is 10.8. The van der Waals surface area contributed by atoms with Crippen LogP contribution in [0.15, 0.2) is 17.1 Å². The minimum Gasteiger partial charge on any atom is -0.396 e. The van der Waals surface area contributed by atoms with E-state index in [1.54, 1.807) is 0 Å². The van der Waals surface area contributed by atoms with Crippen molar-refractivity contribution in [3.8, 4) is 0 Å². The largest absolute Gasteiger partial charge is 0.396 e. The Labute approximate surface area is 169 Å². The van der Waals surface area contributed by atoms with Crippen molar-refractivity contribution in [2.75, 3.05) is 11.9 Å². The maximum atomic E-state index is 10.5. The number of carbonyl (C=O) groups is 1. The molecule has 0 bridgehead atoms. The number of H-pyrrole nitrogens is 1. The number of hydrogen-bond acceptors (Lipinski definition) is 4. The maximum Gasteiger partial charge on any atom is 0.346 e. The number of anilines is 1. The monoisotopic (exact) mass is 396 g/mol. The van der Waals surface area contributed by atoms with Crippen molar-refractivity contribution in [1.82, 2.24) is 9.97 Å². The molecule has 0 aliphatic carbocycles. The van der Waals surface area contributed by atoms with Gasteiger partial charge in [0.1, 0.15) is 5.82 Å². The van der Waals surface area contributed by atoms with Crippen molar-refractivity contribution >= 4 is 11.8 Å². The molecule has 1 heterocycles. The van der Waals surface area contributed by atoms with Crippen molar-refractivity contribution < 1.29 is 9.90 Å². The second-order valence-corrected chi connectivity index (χ2v) is 7.23. The predicted molar refractivity (Wildman–Crippen MR) is 115 cm³/mol. The Morgan fingerprint density at radius 3 is 2.11 bits per heavy atom. The molecule has 0 saturated heterocycles. The third-order valence-corrected chi connectivity index (χ3v) is 4.62. The van der Waals surface area contributed by atoms with Gasteiger partial charge in [-0.1, -0.05) is 78.1 Å². The number of hydrogen-bond donors (Lipinski definition) is 4. The number of primary amides is 1. The summed E-state index contributed by atoms with van der Waals surface area (Å²) in [7, 11) is 0. The Balaban J connectivity index is 0.000000567. The first-order chi connectivity index (χ1) is 13.5. The number of aliphatic hydroxyl groups excluding tert-OH is 1. The molecule has 28 heavy (non-hydrogen) atoms. The summed E-state index contributed by atoms with van der Waals surface area (Å²) in [5, 5.41) is 11.5. The summed E-state index contributed by atoms with van der Waals surface area (Å²) >= 11 is 0. The van der Waals surface area contributed by atoms with Crippen LogP contribution in [0.4, 0.5) is 10.6 Å². The molecular weight excluding hydrogens is 356 g/mol. The lowest BCUT2D eigenvalue weighted by atomic mass is 9.95. The zero-order chi connectivity index (χ0) is 21.0. The molecule has 1 aromatic rings. The molecule has 0 aliphatic rings. The van der Waals surface area contributed by atoms with E-state index in [2.05, 4.69) is 29.1 Å². The van der Waals surface area contributed by atoms with Gasteiger partial charge in [-0.05, 0) is 24.8 Å². The summed E-state index contributed by atoms with van der Waals surface area (Å²) < 4.78 is 0. The molecule has 162 valence electrons. The summed E-state index contributed by atoms with van der Waals surface area (Å²) in [5.41, 5.74) is 4.25. The molecule has 0 fully saturated rings. The van der Waals surface area contributed by atoms with Crippen LogP contribution in [-0.2, 0) is 0 Å². The maximum absolute atomic E-state index is 10.5. The zero-order valence-electron chi connectivity index (χ0n) is 17.7. The number of aromatic nitrogens is 2. The summed E-state index contributed by atoms with van der Waals surface area (Å²) in [6.45, 7) is 4.92. The number of aliphatic hydroxyl groups is 1. The number of urea groups is 1. The molecule has 7 heteroatoms. The van der Waals surface area contributed by atoms with Crippen LogP contribution in [0.1, 0.15) is 90.9 Å². The number of aromatic amines is 1. The molecule has 0 spiro atoms. The predicted octanol–water partition coefficient (Wildman–Crippen LogP) is 4.58. The number of nitrogens with one attached hydrogen (secondary N) is 2. The van der Waals surface area contributed by atoms with Gasteiger partial charge >= 0.3 is 11.7 Å². The van der Waals surface area contributed by atoms with Gasteiger partial charge in [0.2, 0.25) is 0 Å². The fourth-order valence-corrected chi connectivity index (χ4v) is 2.97. The molecule has 0 radical (unpaired) electrons. The van der Waals surface area contributed by atoms with Crippen molar-refractivity contribution in [2.45, 2.75) is 90.9 Å². The Hall–Kier alpha value is -1.89. The molecule has 1 unspecified atom stereocenters. The fourth-order valence-electron chi connectivity index (χ4n) is 2.97. The zero-order valence-corrected chi connectivity index (χ0v) is 17.7. The van der Waals surface area contributed by atoms with Crippen LogP contribution in [0.25, 0.3) is 0 Å². The van der Waals surface area contributed by atoms with Crippen LogP contribution in [0, 0.1) is 5.92 Å². The normalized spacial score (nSPS) is 11.4. The van der Waals surface area contributed by atoms with Gasteiger partial charge in [-0.2, -0.15) is 0 Å². The molecule has 5 N–H and O–H groups in total. The average Bonchev–Trinajstić information content (AvgIpc) is 2.66. The van der Waals surface area contributed by atoms with Crippen LogP contribution in [0.3, 0.4) is 0 Å². The Kier molecular flexibility index (Phi) is 17.2. The van der Waals surface area contributed by atoms with E-state index >= 15 is 0 Å². The van der Waals surface area contributed by atoms with Gasteiger partial charge in [-0.15, -0.1) is 0 Å². The summed E-state index contributed by atoms with van der Waals surface area (Å²) in [6, 6.07) is 0.693. The van der Waals surface area contributed by atoms with Gasteiger partial charge in [0.05, 0.1) is 0 Å². The van der Waals surface area contributed by atoms with Crippen molar-refractivity contribution in [3.05, 3.63) is 22.7 Å². The van der Waals surface area contributed by atoms with Crippen LogP contribution in [0.2, 0.25) is 0 Å². The van der Waals surface area contributed by atoms with Crippen molar-refractivity contribution in [3.63, 3.8) is 0 Å². The Bertz CT molecular complexity index is 548. The first-order valence-electron chi connectivity index (χ1n) is 10.8. The van der Waals surface area contributed by atoms with Gasteiger partial charge in [-0.25, -0.2) is 14.6 Å². The topological polar surface area (TPSA) is 121 Å². The van der Waals surface area contributed by atoms with Crippen LogP contribution in [-0.4, -0.2) is 27.7 Å². The third kappa shape index (κ3) is 16.3. The highest BCUT2D eigenvalue weighted by Crippen LogP contribution is 2.18. The molecule has 1 atom stereocenters. The van der Waals surface area contributed by atoms with Crippen LogP contribution >= 0.6 is 0 Å². The number of nitrogens with zero attached hydrogens (tertiary/aromatic N) is 1. The number of amides is 2. The molecule has 0 aliphatic heterocycles. The number of nitrogens with two attached hydrogens (primary N) is 1. The highest BCUT2D eigenvalue weighted by atomic mass is 16.3. The lowest BCUT2D eigenvalue weighted by Gasteiger charge is -2.13. The quantitative estimate of drug-likeness (QED) is 0.344. The smallest absolute Gasteiger partial charge is 0.346 e. The first kappa shape index (κ1) is 26.1. The molecule has 1 rings (SSSR count). The SMILES string of the molecule is CCCCCCCCC(CO)CCCCCC.NC(=O)Nc1ccnc(=O)[nH]1. The van der Waals surface area contributed by atoms with Gasteiger partial charge in [0, 0.05) is 12.8 Å². The second kappa shape index (κ2) is 18.5. The van der Waals surface area contributed by atoms with E-state index in [0.29, 0.717) is 12.5 Å². The standard InChI is InChI=1S/C16H34O.C5H6N4O2/c1-3-5-7-9-10-12-14-16(15-17)13-11-8-6-4-2;6-4(10)8-3-1-2-7-5(11)9-3/h16-17H,3-15H2,1-2H3;1-2H,(H4,6,7,8,9,10,11). The van der Waals surface area contributed by atoms with Crippen LogP contribution < -0.4 is 16.7 Å². The minimum absolute atomic E-state index is 0.234. The number of carbonyl (C=O) groups excluding carboxylic acids is 1. The molecular formula is C21H40N4O3. The molecule has 2 amide bonds. The number of rotatable bonds is 14. The van der Waals surface area contributed by atoms with E-state index in [9.17, 15) is 14.7 Å². The van der Waals surface area contributed by atoms with E-state index in [4.69, 9.17) is 5.73 Å². The highest BCUT2D eigenvalue weighted by molar-refractivity contribution is 5.86. The van der Waals surface area contributed by atoms with E-state index in [-0.39, 0.29) is 5.82 Å². The fraction of sp³-hybridized carbons (Fsp3) is 0.762.